The molecule has 1 heterocycles. The lowest BCUT2D eigenvalue weighted by Gasteiger charge is -2.19. The summed E-state index contributed by atoms with van der Waals surface area (Å²) in [4.78, 5) is 23.7. The smallest absolute Gasteiger partial charge is 0.251 e. The standard InChI is InChI=1S/C17H22N4O2/c1-17(2,3)13-6-4-12(5-7-13)16(23)18-10-9-15(22)20-14-8-11-19-21-14/h4-8,11H,9-10H2,1-3H3,(H,18,23)(H2,19,20,21,22). The van der Waals surface area contributed by atoms with Gasteiger partial charge in [-0.1, -0.05) is 32.9 Å². The molecule has 1 aromatic heterocycles. The number of nitrogens with zero attached hydrogens (tertiary/aromatic N) is 1. The first-order valence-electron chi connectivity index (χ1n) is 7.54. The number of carbonyl (C=O) groups is 2. The zero-order valence-electron chi connectivity index (χ0n) is 13.6. The van der Waals surface area contributed by atoms with Crippen molar-refractivity contribution in [1.29, 1.82) is 0 Å². The summed E-state index contributed by atoms with van der Waals surface area (Å²) in [5.41, 5.74) is 1.82. The number of H-pyrrole nitrogens is 1. The molecular weight excluding hydrogens is 292 g/mol. The van der Waals surface area contributed by atoms with Crippen molar-refractivity contribution in [2.75, 3.05) is 11.9 Å². The van der Waals surface area contributed by atoms with Crippen LogP contribution >= 0.6 is 0 Å². The van der Waals surface area contributed by atoms with E-state index in [-0.39, 0.29) is 30.2 Å². The Morgan fingerprint density at radius 3 is 2.39 bits per heavy atom. The van der Waals surface area contributed by atoms with Crippen molar-refractivity contribution < 1.29 is 9.59 Å². The molecule has 122 valence electrons. The van der Waals surface area contributed by atoms with Crippen LogP contribution in [0.2, 0.25) is 0 Å². The van der Waals surface area contributed by atoms with Gasteiger partial charge in [0, 0.05) is 24.6 Å². The molecule has 0 saturated carbocycles. The lowest BCUT2D eigenvalue weighted by atomic mass is 9.87. The molecule has 1 aromatic carbocycles. The number of amides is 2. The average Bonchev–Trinajstić information content (AvgIpc) is 2.99. The fraction of sp³-hybridized carbons (Fsp3) is 0.353. The van der Waals surface area contributed by atoms with Gasteiger partial charge in [-0.15, -0.1) is 0 Å². The lowest BCUT2D eigenvalue weighted by molar-refractivity contribution is -0.116. The Balaban J connectivity index is 1.79. The number of aromatic nitrogens is 2. The van der Waals surface area contributed by atoms with Crippen LogP contribution in [-0.4, -0.2) is 28.6 Å². The van der Waals surface area contributed by atoms with Crippen LogP contribution in [0.4, 0.5) is 5.82 Å². The molecule has 0 bridgehead atoms. The minimum atomic E-state index is -0.183. The molecule has 0 spiro atoms. The van der Waals surface area contributed by atoms with Crippen molar-refractivity contribution in [3.8, 4) is 0 Å². The predicted octanol–water partition coefficient (Wildman–Crippen LogP) is 2.47. The summed E-state index contributed by atoms with van der Waals surface area (Å²) in [5, 5.41) is 11.8. The first kappa shape index (κ1) is 16.7. The van der Waals surface area contributed by atoms with E-state index in [4.69, 9.17) is 0 Å². The Bertz CT molecular complexity index is 655. The number of anilines is 1. The molecule has 23 heavy (non-hydrogen) atoms. The van der Waals surface area contributed by atoms with E-state index in [2.05, 4.69) is 41.6 Å². The third-order valence-electron chi connectivity index (χ3n) is 3.43. The van der Waals surface area contributed by atoms with Gasteiger partial charge in [0.2, 0.25) is 5.91 Å². The van der Waals surface area contributed by atoms with E-state index in [0.29, 0.717) is 11.4 Å². The van der Waals surface area contributed by atoms with Crippen LogP contribution in [0, 0.1) is 0 Å². The van der Waals surface area contributed by atoms with Crippen LogP contribution in [0.25, 0.3) is 0 Å². The van der Waals surface area contributed by atoms with E-state index in [1.165, 1.54) is 5.56 Å². The average molecular weight is 314 g/mol. The van der Waals surface area contributed by atoms with Crippen LogP contribution in [0.5, 0.6) is 0 Å². The largest absolute Gasteiger partial charge is 0.352 e. The maximum atomic E-state index is 12.0. The van der Waals surface area contributed by atoms with Gasteiger partial charge < -0.3 is 10.6 Å². The normalized spacial score (nSPS) is 11.1. The number of hydrogen-bond acceptors (Lipinski definition) is 3. The number of nitrogens with one attached hydrogen (secondary N) is 3. The molecule has 0 radical (unpaired) electrons. The summed E-state index contributed by atoms with van der Waals surface area (Å²) < 4.78 is 0. The molecule has 0 unspecified atom stereocenters. The van der Waals surface area contributed by atoms with Gasteiger partial charge in [0.05, 0.1) is 6.20 Å². The van der Waals surface area contributed by atoms with Crippen molar-refractivity contribution in [2.24, 2.45) is 0 Å². The molecule has 0 saturated heterocycles. The first-order chi connectivity index (χ1) is 10.9. The van der Waals surface area contributed by atoms with E-state index < -0.39 is 0 Å². The van der Waals surface area contributed by atoms with Crippen molar-refractivity contribution in [1.82, 2.24) is 15.5 Å². The minimum absolute atomic E-state index is 0.0553. The van der Waals surface area contributed by atoms with E-state index in [9.17, 15) is 9.59 Å². The zero-order valence-corrected chi connectivity index (χ0v) is 13.6. The van der Waals surface area contributed by atoms with Gasteiger partial charge in [-0.2, -0.15) is 5.10 Å². The predicted molar refractivity (Wildman–Crippen MR) is 89.3 cm³/mol. The quantitative estimate of drug-likeness (QED) is 0.792. The van der Waals surface area contributed by atoms with E-state index in [0.717, 1.165) is 0 Å². The molecule has 6 nitrogen and oxygen atoms in total. The van der Waals surface area contributed by atoms with E-state index >= 15 is 0 Å². The van der Waals surface area contributed by atoms with Crippen LogP contribution in [0.1, 0.15) is 43.1 Å². The second kappa shape index (κ2) is 7.09. The van der Waals surface area contributed by atoms with Gasteiger partial charge in [-0.3, -0.25) is 14.7 Å². The first-order valence-corrected chi connectivity index (χ1v) is 7.54. The summed E-state index contributed by atoms with van der Waals surface area (Å²) in [7, 11) is 0. The fourth-order valence-corrected chi connectivity index (χ4v) is 2.05. The Kier molecular flexibility index (Phi) is 5.16. The second-order valence-electron chi connectivity index (χ2n) is 6.35. The van der Waals surface area contributed by atoms with Crippen molar-refractivity contribution in [2.45, 2.75) is 32.6 Å². The van der Waals surface area contributed by atoms with Crippen molar-refractivity contribution >= 4 is 17.6 Å². The fourth-order valence-electron chi connectivity index (χ4n) is 2.05. The summed E-state index contributed by atoms with van der Waals surface area (Å²) in [6.45, 7) is 6.65. The van der Waals surface area contributed by atoms with Gasteiger partial charge in [-0.05, 0) is 23.1 Å². The highest BCUT2D eigenvalue weighted by Gasteiger charge is 2.14. The van der Waals surface area contributed by atoms with Gasteiger partial charge in [0.25, 0.3) is 5.91 Å². The zero-order chi connectivity index (χ0) is 16.9. The Hall–Kier alpha value is -2.63. The monoisotopic (exact) mass is 314 g/mol. The van der Waals surface area contributed by atoms with Gasteiger partial charge in [0.15, 0.2) is 0 Å². The highest BCUT2D eigenvalue weighted by Crippen LogP contribution is 2.22. The van der Waals surface area contributed by atoms with E-state index in [1.54, 1.807) is 24.4 Å². The topological polar surface area (TPSA) is 86.9 Å². The lowest BCUT2D eigenvalue weighted by Crippen LogP contribution is -2.27. The summed E-state index contributed by atoms with van der Waals surface area (Å²) in [5.74, 6) is 0.177. The molecule has 2 rings (SSSR count). The summed E-state index contributed by atoms with van der Waals surface area (Å²) in [6.07, 6.45) is 1.75. The molecule has 2 aromatic rings. The summed E-state index contributed by atoms with van der Waals surface area (Å²) in [6, 6.07) is 9.19. The Morgan fingerprint density at radius 1 is 1.13 bits per heavy atom. The molecular formula is C17H22N4O2. The summed E-state index contributed by atoms with van der Waals surface area (Å²) >= 11 is 0. The number of benzene rings is 1. The van der Waals surface area contributed by atoms with Crippen LogP contribution < -0.4 is 10.6 Å². The van der Waals surface area contributed by atoms with E-state index in [1.807, 2.05) is 12.1 Å². The molecule has 0 atom stereocenters. The molecule has 3 N–H and O–H groups in total. The molecule has 0 aliphatic heterocycles. The SMILES string of the molecule is CC(C)(C)c1ccc(C(=O)NCCC(=O)Nc2ccn[nH]2)cc1. The maximum absolute atomic E-state index is 12.0. The number of rotatable bonds is 5. The minimum Gasteiger partial charge on any atom is -0.352 e. The molecule has 0 aliphatic rings. The number of hydrogen-bond donors (Lipinski definition) is 3. The second-order valence-corrected chi connectivity index (χ2v) is 6.35. The van der Waals surface area contributed by atoms with Gasteiger partial charge in [0.1, 0.15) is 5.82 Å². The van der Waals surface area contributed by atoms with Crippen LogP contribution in [0.15, 0.2) is 36.5 Å². The van der Waals surface area contributed by atoms with Crippen molar-refractivity contribution in [3.63, 3.8) is 0 Å². The van der Waals surface area contributed by atoms with Gasteiger partial charge >= 0.3 is 0 Å². The highest BCUT2D eigenvalue weighted by molar-refractivity contribution is 5.95. The Labute approximate surface area is 135 Å². The molecule has 0 fully saturated rings. The highest BCUT2D eigenvalue weighted by atomic mass is 16.2. The molecule has 2 amide bonds. The third kappa shape index (κ3) is 4.95. The van der Waals surface area contributed by atoms with Gasteiger partial charge in [-0.25, -0.2) is 0 Å². The van der Waals surface area contributed by atoms with Crippen LogP contribution in [0.3, 0.4) is 0 Å². The van der Waals surface area contributed by atoms with Crippen LogP contribution in [-0.2, 0) is 10.2 Å². The molecule has 6 heteroatoms. The third-order valence-corrected chi connectivity index (χ3v) is 3.43. The Morgan fingerprint density at radius 2 is 1.83 bits per heavy atom. The molecule has 0 aliphatic carbocycles. The van der Waals surface area contributed by atoms with Crippen molar-refractivity contribution in [3.05, 3.63) is 47.7 Å². The number of aromatic amines is 1. The maximum Gasteiger partial charge on any atom is 0.251 e. The number of carbonyl (C=O) groups excluding carboxylic acids is 2.